The van der Waals surface area contributed by atoms with Crippen LogP contribution in [0, 0.1) is 0 Å². The third-order valence-electron chi connectivity index (χ3n) is 3.99. The number of amides is 1. The number of hydrogen-bond acceptors (Lipinski definition) is 4. The van der Waals surface area contributed by atoms with Gasteiger partial charge in [0.15, 0.2) is 0 Å². The summed E-state index contributed by atoms with van der Waals surface area (Å²) in [6, 6.07) is 10.5. The van der Waals surface area contributed by atoms with Gasteiger partial charge in [0.2, 0.25) is 5.91 Å². The van der Waals surface area contributed by atoms with Crippen LogP contribution in [0.2, 0.25) is 0 Å². The van der Waals surface area contributed by atoms with Crippen molar-refractivity contribution in [3.05, 3.63) is 35.9 Å². The smallest absolute Gasteiger partial charge is 0.234 e. The highest BCUT2D eigenvalue weighted by Gasteiger charge is 2.20. The fraction of sp³-hybridized carbons (Fsp3) is 0.588. The quantitative estimate of drug-likeness (QED) is 0.867. The minimum absolute atomic E-state index is 0.127. The zero-order valence-corrected chi connectivity index (χ0v) is 14.6. The topological polar surface area (TPSA) is 35.6 Å². The monoisotopic (exact) mass is 321 g/mol. The van der Waals surface area contributed by atoms with Gasteiger partial charge >= 0.3 is 0 Å². The van der Waals surface area contributed by atoms with Crippen molar-refractivity contribution in [2.45, 2.75) is 18.2 Å². The zero-order valence-electron chi connectivity index (χ0n) is 13.8. The second-order valence-corrected chi connectivity index (χ2v) is 7.66. The molecule has 2 rings (SSSR count). The Labute approximate surface area is 138 Å². The first kappa shape index (κ1) is 17.3. The molecule has 0 spiro atoms. The predicted octanol–water partition coefficient (Wildman–Crippen LogP) is 1.84. The molecule has 0 bridgehead atoms. The van der Waals surface area contributed by atoms with E-state index in [0.717, 1.165) is 18.8 Å². The Bertz CT molecular complexity index is 466. The Morgan fingerprint density at radius 1 is 1.41 bits per heavy atom. The van der Waals surface area contributed by atoms with Crippen molar-refractivity contribution in [2.24, 2.45) is 0 Å². The molecule has 22 heavy (non-hydrogen) atoms. The number of likely N-dealkylation sites (N-methyl/N-ethyl adjacent to an activating group) is 1. The first-order valence-electron chi connectivity index (χ1n) is 7.88. The van der Waals surface area contributed by atoms with Gasteiger partial charge in [-0.15, -0.1) is 0 Å². The molecular weight excluding hydrogens is 294 g/mol. The predicted molar refractivity (Wildman–Crippen MR) is 94.2 cm³/mol. The van der Waals surface area contributed by atoms with Crippen molar-refractivity contribution in [3.8, 4) is 0 Å². The van der Waals surface area contributed by atoms with Crippen LogP contribution < -0.4 is 5.32 Å². The molecule has 1 aliphatic rings. The maximum absolute atomic E-state index is 12.2. The van der Waals surface area contributed by atoms with Gasteiger partial charge in [-0.05, 0) is 19.7 Å². The van der Waals surface area contributed by atoms with Gasteiger partial charge in [-0.25, -0.2) is 0 Å². The molecule has 2 atom stereocenters. The van der Waals surface area contributed by atoms with Gasteiger partial charge in [0, 0.05) is 30.6 Å². The van der Waals surface area contributed by atoms with E-state index in [1.807, 2.05) is 44.1 Å². The van der Waals surface area contributed by atoms with E-state index in [9.17, 15) is 4.79 Å². The van der Waals surface area contributed by atoms with E-state index in [1.54, 1.807) is 0 Å². The molecule has 0 aliphatic carbocycles. The Balaban J connectivity index is 1.83. The van der Waals surface area contributed by atoms with Gasteiger partial charge in [-0.3, -0.25) is 9.69 Å². The molecule has 1 N–H and O–H groups in total. The van der Waals surface area contributed by atoms with E-state index in [0.29, 0.717) is 18.3 Å². The average molecular weight is 321 g/mol. The Hall–Kier alpha value is -1.04. The minimum atomic E-state index is 0.127. The highest BCUT2D eigenvalue weighted by atomic mass is 32.2. The summed E-state index contributed by atoms with van der Waals surface area (Å²) in [5.41, 5.74) is 1.23. The maximum Gasteiger partial charge on any atom is 0.234 e. The fourth-order valence-electron chi connectivity index (χ4n) is 2.78. The number of rotatable bonds is 6. The van der Waals surface area contributed by atoms with Gasteiger partial charge in [0.25, 0.3) is 0 Å². The summed E-state index contributed by atoms with van der Waals surface area (Å²) in [6.07, 6.45) is 0. The SMILES string of the molecule is C[C@H]1CN(CC(=O)NC[C@@H](c2ccccc2)N(C)C)CCS1. The number of carbonyl (C=O) groups excluding carboxylic acids is 1. The molecule has 1 aromatic carbocycles. The summed E-state index contributed by atoms with van der Waals surface area (Å²) in [6.45, 7) is 5.41. The summed E-state index contributed by atoms with van der Waals surface area (Å²) in [4.78, 5) is 16.6. The number of benzene rings is 1. The van der Waals surface area contributed by atoms with E-state index in [4.69, 9.17) is 0 Å². The number of thioether (sulfide) groups is 1. The number of hydrogen-bond donors (Lipinski definition) is 1. The van der Waals surface area contributed by atoms with E-state index in [1.165, 1.54) is 5.56 Å². The number of nitrogens with one attached hydrogen (secondary N) is 1. The van der Waals surface area contributed by atoms with Crippen LogP contribution in [-0.4, -0.2) is 67.0 Å². The first-order valence-corrected chi connectivity index (χ1v) is 8.93. The molecule has 5 heteroatoms. The standard InChI is InChI=1S/C17H27N3OS/c1-14-12-20(9-10-22-14)13-17(21)18-11-16(19(2)3)15-7-5-4-6-8-15/h4-8,14,16H,9-13H2,1-3H3,(H,18,21)/t14-,16-/m0/s1. The molecule has 1 heterocycles. The van der Waals surface area contributed by atoms with Crippen LogP contribution in [0.5, 0.6) is 0 Å². The van der Waals surface area contributed by atoms with Crippen molar-refractivity contribution < 1.29 is 4.79 Å². The molecule has 1 aliphatic heterocycles. The normalized spacial score (nSPS) is 20.8. The first-order chi connectivity index (χ1) is 10.6. The van der Waals surface area contributed by atoms with Gasteiger partial charge < -0.3 is 10.2 Å². The summed E-state index contributed by atoms with van der Waals surface area (Å²) in [5.74, 6) is 1.25. The molecule has 1 amide bonds. The van der Waals surface area contributed by atoms with Crippen molar-refractivity contribution in [3.63, 3.8) is 0 Å². The molecule has 0 saturated carbocycles. The van der Waals surface area contributed by atoms with E-state index < -0.39 is 0 Å². The van der Waals surface area contributed by atoms with Gasteiger partial charge in [0.1, 0.15) is 0 Å². The van der Waals surface area contributed by atoms with Crippen LogP contribution in [-0.2, 0) is 4.79 Å². The van der Waals surface area contributed by atoms with Crippen molar-refractivity contribution in [1.82, 2.24) is 15.1 Å². The molecular formula is C17H27N3OS. The molecule has 0 radical (unpaired) electrons. The summed E-state index contributed by atoms with van der Waals surface area (Å²) >= 11 is 1.99. The lowest BCUT2D eigenvalue weighted by Crippen LogP contribution is -2.44. The Kier molecular flexibility index (Phi) is 6.73. The summed E-state index contributed by atoms with van der Waals surface area (Å²) < 4.78 is 0. The zero-order chi connectivity index (χ0) is 15.9. The Morgan fingerprint density at radius 3 is 2.77 bits per heavy atom. The highest BCUT2D eigenvalue weighted by molar-refractivity contribution is 7.99. The van der Waals surface area contributed by atoms with Crippen LogP contribution in [0.3, 0.4) is 0 Å². The highest BCUT2D eigenvalue weighted by Crippen LogP contribution is 2.18. The minimum Gasteiger partial charge on any atom is -0.353 e. The summed E-state index contributed by atoms with van der Waals surface area (Å²) in [5, 5.41) is 3.72. The molecule has 4 nitrogen and oxygen atoms in total. The Morgan fingerprint density at radius 2 is 2.14 bits per heavy atom. The second-order valence-electron chi connectivity index (χ2n) is 6.11. The van der Waals surface area contributed by atoms with E-state index in [2.05, 4.69) is 34.2 Å². The third-order valence-corrected chi connectivity index (χ3v) is 5.13. The van der Waals surface area contributed by atoms with Gasteiger partial charge in [0.05, 0.1) is 12.6 Å². The average Bonchev–Trinajstić information content (AvgIpc) is 2.48. The lowest BCUT2D eigenvalue weighted by Gasteiger charge is -2.30. The van der Waals surface area contributed by atoms with Crippen LogP contribution in [0.15, 0.2) is 30.3 Å². The van der Waals surface area contributed by atoms with Crippen LogP contribution in [0.1, 0.15) is 18.5 Å². The molecule has 0 unspecified atom stereocenters. The lowest BCUT2D eigenvalue weighted by atomic mass is 10.1. The maximum atomic E-state index is 12.2. The number of nitrogens with zero attached hydrogens (tertiary/aromatic N) is 2. The van der Waals surface area contributed by atoms with Gasteiger partial charge in [-0.1, -0.05) is 37.3 Å². The molecule has 1 aromatic rings. The van der Waals surface area contributed by atoms with Gasteiger partial charge in [-0.2, -0.15) is 11.8 Å². The van der Waals surface area contributed by atoms with Crippen LogP contribution in [0.25, 0.3) is 0 Å². The van der Waals surface area contributed by atoms with Crippen molar-refractivity contribution in [1.29, 1.82) is 0 Å². The molecule has 1 saturated heterocycles. The molecule has 122 valence electrons. The van der Waals surface area contributed by atoms with Crippen LogP contribution in [0.4, 0.5) is 0 Å². The molecule has 0 aromatic heterocycles. The van der Waals surface area contributed by atoms with E-state index in [-0.39, 0.29) is 11.9 Å². The third kappa shape index (κ3) is 5.30. The van der Waals surface area contributed by atoms with Crippen LogP contribution >= 0.6 is 11.8 Å². The fourth-order valence-corrected chi connectivity index (χ4v) is 3.86. The summed E-state index contributed by atoms with van der Waals surface area (Å²) in [7, 11) is 4.10. The van der Waals surface area contributed by atoms with Crippen molar-refractivity contribution >= 4 is 17.7 Å². The lowest BCUT2D eigenvalue weighted by molar-refractivity contribution is -0.122. The number of carbonyl (C=O) groups is 1. The molecule has 1 fully saturated rings. The van der Waals surface area contributed by atoms with E-state index >= 15 is 0 Å². The largest absolute Gasteiger partial charge is 0.353 e. The van der Waals surface area contributed by atoms with Crippen molar-refractivity contribution in [2.75, 3.05) is 46.0 Å². The second kappa shape index (κ2) is 8.56.